The fourth-order valence-corrected chi connectivity index (χ4v) is 2.92. The second kappa shape index (κ2) is 7.92. The van der Waals surface area contributed by atoms with Gasteiger partial charge in [0.05, 0.1) is 30.0 Å². The molecule has 1 aliphatic heterocycles. The van der Waals surface area contributed by atoms with Crippen molar-refractivity contribution in [1.29, 1.82) is 0 Å². The van der Waals surface area contributed by atoms with Crippen LogP contribution in [-0.2, 0) is 9.59 Å². The van der Waals surface area contributed by atoms with Crippen LogP contribution in [0.4, 0.5) is 10.5 Å². The van der Waals surface area contributed by atoms with Gasteiger partial charge in [0, 0.05) is 0 Å². The van der Waals surface area contributed by atoms with Crippen LogP contribution < -0.4 is 19.7 Å². The number of urea groups is 1. The molecular weight excluding hydrogens is 407 g/mol. The van der Waals surface area contributed by atoms with Crippen LogP contribution in [-0.4, -0.2) is 32.1 Å². The summed E-state index contributed by atoms with van der Waals surface area (Å²) in [5, 5.41) is 2.58. The van der Waals surface area contributed by atoms with Gasteiger partial charge in [-0.25, -0.2) is 9.69 Å². The highest BCUT2D eigenvalue weighted by molar-refractivity contribution is 6.43. The number of hydrogen-bond acceptors (Lipinski definition) is 5. The first-order valence-electron chi connectivity index (χ1n) is 7.94. The molecule has 0 atom stereocenters. The molecule has 1 saturated heterocycles. The van der Waals surface area contributed by atoms with Gasteiger partial charge in [0.25, 0.3) is 11.8 Å². The van der Waals surface area contributed by atoms with Gasteiger partial charge >= 0.3 is 6.03 Å². The Morgan fingerprint density at radius 2 is 1.64 bits per heavy atom. The lowest BCUT2D eigenvalue weighted by molar-refractivity contribution is -0.122. The van der Waals surface area contributed by atoms with Crippen molar-refractivity contribution in [2.24, 2.45) is 0 Å². The molecular formula is C19H14Cl2N2O5. The number of ether oxygens (including phenoxy) is 2. The van der Waals surface area contributed by atoms with Crippen molar-refractivity contribution >= 4 is 52.8 Å². The van der Waals surface area contributed by atoms with Gasteiger partial charge in [0.2, 0.25) is 0 Å². The number of hydrogen-bond donors (Lipinski definition) is 1. The predicted octanol–water partition coefficient (Wildman–Crippen LogP) is 3.68. The minimum absolute atomic E-state index is 0.169. The number of nitrogens with one attached hydrogen (secondary N) is 1. The lowest BCUT2D eigenvalue weighted by Gasteiger charge is -2.26. The van der Waals surface area contributed by atoms with Gasteiger partial charge in [-0.1, -0.05) is 29.3 Å². The van der Waals surface area contributed by atoms with E-state index < -0.39 is 17.8 Å². The van der Waals surface area contributed by atoms with E-state index in [4.69, 9.17) is 32.7 Å². The molecule has 0 bridgehead atoms. The number of rotatable bonds is 4. The number of halogens is 2. The molecule has 1 aliphatic rings. The second-order valence-corrected chi connectivity index (χ2v) is 6.49. The number of carbonyl (C=O) groups excluding carboxylic acids is 3. The third kappa shape index (κ3) is 3.67. The maximum absolute atomic E-state index is 12.9. The lowest BCUT2D eigenvalue weighted by Crippen LogP contribution is -2.54. The summed E-state index contributed by atoms with van der Waals surface area (Å²) in [5.41, 5.74) is 0.472. The van der Waals surface area contributed by atoms with Crippen LogP contribution in [0.25, 0.3) is 6.08 Å². The van der Waals surface area contributed by atoms with Crippen LogP contribution in [0.1, 0.15) is 5.56 Å². The highest BCUT2D eigenvalue weighted by atomic mass is 35.5. The summed E-state index contributed by atoms with van der Waals surface area (Å²) in [5.74, 6) is -0.669. The number of barbiturate groups is 1. The monoisotopic (exact) mass is 420 g/mol. The van der Waals surface area contributed by atoms with Crippen LogP contribution in [0.2, 0.25) is 10.0 Å². The van der Waals surface area contributed by atoms with Gasteiger partial charge in [-0.2, -0.15) is 0 Å². The molecule has 2 aromatic carbocycles. The normalized spacial score (nSPS) is 15.6. The first kappa shape index (κ1) is 19.7. The topological polar surface area (TPSA) is 84.9 Å². The molecule has 0 saturated carbocycles. The van der Waals surface area contributed by atoms with Crippen molar-refractivity contribution in [3.05, 3.63) is 57.6 Å². The molecule has 0 aliphatic carbocycles. The average molecular weight is 421 g/mol. The van der Waals surface area contributed by atoms with Crippen LogP contribution in [0, 0.1) is 0 Å². The SMILES string of the molecule is COc1ccc(/C=C2\C(=O)NC(=O)N(c3ccc(Cl)c(Cl)c3)C2=O)cc1OC. The predicted molar refractivity (Wildman–Crippen MR) is 105 cm³/mol. The van der Waals surface area contributed by atoms with E-state index in [0.717, 1.165) is 4.90 Å². The third-order valence-electron chi connectivity index (χ3n) is 3.98. The summed E-state index contributed by atoms with van der Waals surface area (Å²) >= 11 is 11.9. The van der Waals surface area contributed by atoms with E-state index in [1.165, 1.54) is 38.5 Å². The Balaban J connectivity index is 2.02. The summed E-state index contributed by atoms with van der Waals surface area (Å²) in [4.78, 5) is 38.2. The Morgan fingerprint density at radius 3 is 2.29 bits per heavy atom. The van der Waals surface area contributed by atoms with E-state index in [1.807, 2.05) is 0 Å². The number of benzene rings is 2. The van der Waals surface area contributed by atoms with E-state index >= 15 is 0 Å². The molecule has 0 radical (unpaired) electrons. The minimum atomic E-state index is -0.877. The van der Waals surface area contributed by atoms with Crippen LogP contribution in [0.3, 0.4) is 0 Å². The Bertz CT molecular complexity index is 1020. The smallest absolute Gasteiger partial charge is 0.335 e. The maximum Gasteiger partial charge on any atom is 0.335 e. The molecule has 28 heavy (non-hydrogen) atoms. The van der Waals surface area contributed by atoms with Gasteiger partial charge in [-0.3, -0.25) is 14.9 Å². The van der Waals surface area contributed by atoms with Crippen LogP contribution in [0.15, 0.2) is 42.0 Å². The van der Waals surface area contributed by atoms with Gasteiger partial charge in [-0.05, 0) is 42.0 Å². The third-order valence-corrected chi connectivity index (χ3v) is 4.72. The summed E-state index contributed by atoms with van der Waals surface area (Å²) < 4.78 is 10.4. The molecule has 9 heteroatoms. The number of amides is 4. The molecule has 0 spiro atoms. The summed E-state index contributed by atoms with van der Waals surface area (Å²) in [6.45, 7) is 0. The number of anilines is 1. The zero-order valence-corrected chi connectivity index (χ0v) is 16.3. The quantitative estimate of drug-likeness (QED) is 0.602. The lowest BCUT2D eigenvalue weighted by atomic mass is 10.1. The fourth-order valence-electron chi connectivity index (χ4n) is 2.63. The molecule has 1 fully saturated rings. The number of carbonyl (C=O) groups is 3. The van der Waals surface area contributed by atoms with Crippen LogP contribution in [0.5, 0.6) is 11.5 Å². The zero-order valence-electron chi connectivity index (χ0n) is 14.8. The van der Waals surface area contributed by atoms with Crippen LogP contribution >= 0.6 is 23.2 Å². The average Bonchev–Trinajstić information content (AvgIpc) is 2.67. The number of imide groups is 2. The molecule has 0 aromatic heterocycles. The second-order valence-electron chi connectivity index (χ2n) is 5.67. The van der Waals surface area contributed by atoms with E-state index in [0.29, 0.717) is 17.1 Å². The van der Waals surface area contributed by atoms with E-state index in [2.05, 4.69) is 5.32 Å². The summed E-state index contributed by atoms with van der Waals surface area (Å²) in [6.07, 6.45) is 1.36. The van der Waals surface area contributed by atoms with E-state index in [1.54, 1.807) is 18.2 Å². The number of nitrogens with zero attached hydrogens (tertiary/aromatic N) is 1. The van der Waals surface area contributed by atoms with Crippen molar-refractivity contribution in [2.75, 3.05) is 19.1 Å². The first-order valence-corrected chi connectivity index (χ1v) is 8.70. The minimum Gasteiger partial charge on any atom is -0.493 e. The summed E-state index contributed by atoms with van der Waals surface area (Å²) in [7, 11) is 2.97. The van der Waals surface area contributed by atoms with Crippen molar-refractivity contribution in [3.63, 3.8) is 0 Å². The Morgan fingerprint density at radius 1 is 0.929 bits per heavy atom. The maximum atomic E-state index is 12.9. The van der Waals surface area contributed by atoms with Crippen molar-refractivity contribution in [3.8, 4) is 11.5 Å². The zero-order chi connectivity index (χ0) is 20.4. The highest BCUT2D eigenvalue weighted by Gasteiger charge is 2.37. The van der Waals surface area contributed by atoms with Crippen molar-refractivity contribution in [1.82, 2.24) is 5.32 Å². The molecule has 4 amide bonds. The van der Waals surface area contributed by atoms with E-state index in [-0.39, 0.29) is 21.3 Å². The molecule has 2 aromatic rings. The summed E-state index contributed by atoms with van der Waals surface area (Å²) in [6, 6.07) is 8.28. The van der Waals surface area contributed by atoms with Gasteiger partial charge in [-0.15, -0.1) is 0 Å². The standard InChI is InChI=1S/C19H14Cl2N2O5/c1-27-15-6-3-10(8-16(15)28-2)7-12-17(24)22-19(26)23(18(12)25)11-4-5-13(20)14(21)9-11/h3-9H,1-2H3,(H,22,24,26)/b12-7+. The van der Waals surface area contributed by atoms with Crippen molar-refractivity contribution < 1.29 is 23.9 Å². The molecule has 1 heterocycles. The van der Waals surface area contributed by atoms with E-state index in [9.17, 15) is 14.4 Å². The number of methoxy groups -OCH3 is 2. The first-order chi connectivity index (χ1) is 13.3. The molecule has 144 valence electrons. The highest BCUT2D eigenvalue weighted by Crippen LogP contribution is 2.31. The molecule has 0 unspecified atom stereocenters. The molecule has 7 nitrogen and oxygen atoms in total. The molecule has 3 rings (SSSR count). The largest absolute Gasteiger partial charge is 0.493 e. The van der Waals surface area contributed by atoms with Crippen molar-refractivity contribution in [2.45, 2.75) is 0 Å². The fraction of sp³-hybridized carbons (Fsp3) is 0.105. The Kier molecular flexibility index (Phi) is 5.58. The van der Waals surface area contributed by atoms with Gasteiger partial charge < -0.3 is 9.47 Å². The Labute approximate surface area is 170 Å². The van der Waals surface area contributed by atoms with Gasteiger partial charge in [0.1, 0.15) is 5.57 Å². The van der Waals surface area contributed by atoms with Gasteiger partial charge in [0.15, 0.2) is 11.5 Å². The molecule has 1 N–H and O–H groups in total. The Hall–Kier alpha value is -3.03.